The minimum atomic E-state index is 0.696. The Morgan fingerprint density at radius 3 is 2.57 bits per heavy atom. The lowest BCUT2D eigenvalue weighted by molar-refractivity contribution is 0.444. The summed E-state index contributed by atoms with van der Waals surface area (Å²) in [4.78, 5) is 0. The molecule has 0 unspecified atom stereocenters. The predicted molar refractivity (Wildman–Crippen MR) is 64.4 cm³/mol. The molecule has 0 spiro atoms. The fourth-order valence-electron chi connectivity index (χ4n) is 2.32. The molecule has 1 aromatic rings. The van der Waals surface area contributed by atoms with Crippen LogP contribution in [0.15, 0.2) is 22.7 Å². The highest BCUT2D eigenvalue weighted by molar-refractivity contribution is 9.10. The molecule has 1 fully saturated rings. The lowest BCUT2D eigenvalue weighted by Gasteiger charge is -2.23. The molecule has 0 bridgehead atoms. The smallest absolute Gasteiger partial charge is 0.0493 e. The Morgan fingerprint density at radius 2 is 1.86 bits per heavy atom. The molecule has 2 rings (SSSR count). The summed E-state index contributed by atoms with van der Waals surface area (Å²) in [6.07, 6.45) is 6.72. The highest BCUT2D eigenvalue weighted by Gasteiger charge is 2.18. The average molecular weight is 254 g/mol. The molecule has 0 heterocycles. The molecule has 0 radical (unpaired) electrons. The van der Waals surface area contributed by atoms with Gasteiger partial charge in [0.1, 0.15) is 0 Å². The summed E-state index contributed by atoms with van der Waals surface area (Å²) in [7, 11) is 0. The van der Waals surface area contributed by atoms with Crippen LogP contribution in [0.2, 0.25) is 0 Å². The summed E-state index contributed by atoms with van der Waals surface area (Å²) in [6.45, 7) is 0. The third-order valence-electron chi connectivity index (χ3n) is 3.13. The Bertz CT molecular complexity index is 316. The number of halogens is 1. The zero-order valence-electron chi connectivity index (χ0n) is 8.30. The van der Waals surface area contributed by atoms with E-state index in [1.54, 1.807) is 0 Å². The molecule has 0 atom stereocenters. The maximum atomic E-state index is 6.07. The maximum absolute atomic E-state index is 6.07. The Morgan fingerprint density at radius 1 is 1.14 bits per heavy atom. The van der Waals surface area contributed by atoms with Gasteiger partial charge in [-0.15, -0.1) is 0 Å². The highest BCUT2D eigenvalue weighted by Crippen LogP contribution is 2.37. The molecule has 76 valence electrons. The van der Waals surface area contributed by atoms with Gasteiger partial charge in [-0.25, -0.2) is 0 Å². The van der Waals surface area contributed by atoms with E-state index in [0.29, 0.717) is 5.92 Å². The molecule has 2 N–H and O–H groups in total. The molecular weight excluding hydrogens is 238 g/mol. The van der Waals surface area contributed by atoms with Crippen molar-refractivity contribution < 1.29 is 0 Å². The zero-order chi connectivity index (χ0) is 9.97. The van der Waals surface area contributed by atoms with Crippen molar-refractivity contribution in [2.24, 2.45) is 0 Å². The standard InChI is InChI=1S/C12H16BrN/c13-11-8-4-7-10(12(11)14)9-5-2-1-3-6-9/h4,7-9H,1-3,5-6,14H2. The van der Waals surface area contributed by atoms with Gasteiger partial charge in [-0.2, -0.15) is 0 Å². The molecular formula is C12H16BrN. The SMILES string of the molecule is Nc1c(Br)cccc1C1CCCCC1. The van der Waals surface area contributed by atoms with E-state index in [0.717, 1.165) is 10.2 Å². The fraction of sp³-hybridized carbons (Fsp3) is 0.500. The Kier molecular flexibility index (Phi) is 3.12. The fourth-order valence-corrected chi connectivity index (χ4v) is 2.70. The van der Waals surface area contributed by atoms with E-state index in [1.807, 2.05) is 6.07 Å². The first-order valence-electron chi connectivity index (χ1n) is 5.33. The topological polar surface area (TPSA) is 26.0 Å². The maximum Gasteiger partial charge on any atom is 0.0493 e. The third-order valence-corrected chi connectivity index (χ3v) is 3.82. The van der Waals surface area contributed by atoms with Gasteiger partial charge in [0.25, 0.3) is 0 Å². The number of anilines is 1. The number of nitrogen functional groups attached to an aromatic ring is 1. The van der Waals surface area contributed by atoms with Gasteiger partial charge in [-0.1, -0.05) is 31.4 Å². The number of benzene rings is 1. The van der Waals surface area contributed by atoms with E-state index in [9.17, 15) is 0 Å². The van der Waals surface area contributed by atoms with E-state index in [2.05, 4.69) is 28.1 Å². The monoisotopic (exact) mass is 253 g/mol. The van der Waals surface area contributed by atoms with Gasteiger partial charge in [0.15, 0.2) is 0 Å². The molecule has 0 saturated heterocycles. The summed E-state index contributed by atoms with van der Waals surface area (Å²) in [5.41, 5.74) is 8.36. The number of rotatable bonds is 1. The van der Waals surface area contributed by atoms with Crippen molar-refractivity contribution in [1.29, 1.82) is 0 Å². The van der Waals surface area contributed by atoms with Crippen LogP contribution in [0.5, 0.6) is 0 Å². The quantitative estimate of drug-likeness (QED) is 0.751. The molecule has 0 aliphatic heterocycles. The van der Waals surface area contributed by atoms with Gasteiger partial charge in [-0.3, -0.25) is 0 Å². The van der Waals surface area contributed by atoms with E-state index < -0.39 is 0 Å². The Hall–Kier alpha value is -0.500. The highest BCUT2D eigenvalue weighted by atomic mass is 79.9. The van der Waals surface area contributed by atoms with Crippen molar-refractivity contribution in [3.8, 4) is 0 Å². The van der Waals surface area contributed by atoms with Crippen LogP contribution in [0, 0.1) is 0 Å². The molecule has 0 aromatic heterocycles. The molecule has 1 saturated carbocycles. The van der Waals surface area contributed by atoms with Crippen LogP contribution < -0.4 is 5.73 Å². The zero-order valence-corrected chi connectivity index (χ0v) is 9.89. The van der Waals surface area contributed by atoms with Crippen molar-refractivity contribution in [3.63, 3.8) is 0 Å². The normalized spacial score (nSPS) is 18.4. The lowest BCUT2D eigenvalue weighted by atomic mass is 9.83. The first-order chi connectivity index (χ1) is 6.79. The lowest BCUT2D eigenvalue weighted by Crippen LogP contribution is -2.07. The van der Waals surface area contributed by atoms with E-state index in [4.69, 9.17) is 5.73 Å². The summed E-state index contributed by atoms with van der Waals surface area (Å²) in [6, 6.07) is 6.28. The summed E-state index contributed by atoms with van der Waals surface area (Å²) in [5, 5.41) is 0. The molecule has 1 aromatic carbocycles. The van der Waals surface area contributed by atoms with E-state index in [1.165, 1.54) is 37.7 Å². The second-order valence-corrected chi connectivity index (χ2v) is 4.93. The predicted octanol–water partition coefficient (Wildman–Crippen LogP) is 4.08. The average Bonchev–Trinajstić information content (AvgIpc) is 2.23. The summed E-state index contributed by atoms with van der Waals surface area (Å²) >= 11 is 3.49. The van der Waals surface area contributed by atoms with E-state index >= 15 is 0 Å². The molecule has 1 aliphatic carbocycles. The first kappa shape index (κ1) is 10.0. The van der Waals surface area contributed by atoms with Gasteiger partial charge >= 0.3 is 0 Å². The first-order valence-corrected chi connectivity index (χ1v) is 6.12. The van der Waals surface area contributed by atoms with Crippen LogP contribution in [-0.4, -0.2) is 0 Å². The van der Waals surface area contributed by atoms with Crippen molar-refractivity contribution in [3.05, 3.63) is 28.2 Å². The second-order valence-electron chi connectivity index (χ2n) is 4.08. The van der Waals surface area contributed by atoms with Crippen LogP contribution in [0.1, 0.15) is 43.6 Å². The van der Waals surface area contributed by atoms with Gasteiger partial charge in [0, 0.05) is 10.2 Å². The van der Waals surface area contributed by atoms with E-state index in [-0.39, 0.29) is 0 Å². The second kappa shape index (κ2) is 4.35. The number of hydrogen-bond donors (Lipinski definition) is 1. The number of para-hydroxylation sites is 1. The van der Waals surface area contributed by atoms with Crippen LogP contribution in [0.25, 0.3) is 0 Å². The number of hydrogen-bond acceptors (Lipinski definition) is 1. The summed E-state index contributed by atoms with van der Waals surface area (Å²) < 4.78 is 1.04. The van der Waals surface area contributed by atoms with Crippen molar-refractivity contribution in [1.82, 2.24) is 0 Å². The van der Waals surface area contributed by atoms with Gasteiger partial charge in [0.2, 0.25) is 0 Å². The van der Waals surface area contributed by atoms with Crippen LogP contribution in [0.4, 0.5) is 5.69 Å². The van der Waals surface area contributed by atoms with Crippen molar-refractivity contribution >= 4 is 21.6 Å². The Labute approximate surface area is 93.8 Å². The molecule has 0 amide bonds. The minimum absolute atomic E-state index is 0.696. The number of nitrogens with two attached hydrogens (primary N) is 1. The Balaban J connectivity index is 2.26. The third kappa shape index (κ3) is 1.95. The van der Waals surface area contributed by atoms with Crippen molar-refractivity contribution in [2.45, 2.75) is 38.0 Å². The molecule has 2 heteroatoms. The van der Waals surface area contributed by atoms with Gasteiger partial charge < -0.3 is 5.73 Å². The minimum Gasteiger partial charge on any atom is -0.398 e. The van der Waals surface area contributed by atoms with Crippen LogP contribution in [-0.2, 0) is 0 Å². The van der Waals surface area contributed by atoms with Gasteiger partial charge in [-0.05, 0) is 46.3 Å². The van der Waals surface area contributed by atoms with Crippen molar-refractivity contribution in [2.75, 3.05) is 5.73 Å². The molecule has 14 heavy (non-hydrogen) atoms. The largest absolute Gasteiger partial charge is 0.398 e. The van der Waals surface area contributed by atoms with Crippen LogP contribution >= 0.6 is 15.9 Å². The van der Waals surface area contributed by atoms with Crippen LogP contribution in [0.3, 0.4) is 0 Å². The molecule has 1 nitrogen and oxygen atoms in total. The van der Waals surface area contributed by atoms with Gasteiger partial charge in [0.05, 0.1) is 0 Å². The molecule has 1 aliphatic rings. The summed E-state index contributed by atoms with van der Waals surface area (Å²) in [5.74, 6) is 0.696.